The van der Waals surface area contributed by atoms with Crippen LogP contribution in [0.3, 0.4) is 0 Å². The van der Waals surface area contributed by atoms with Crippen LogP contribution in [0.15, 0.2) is 30.3 Å². The molecule has 2 aliphatic rings. The first kappa shape index (κ1) is 19.7. The fourth-order valence-electron chi connectivity index (χ4n) is 3.85. The highest BCUT2D eigenvalue weighted by Crippen LogP contribution is 2.19. The molecule has 0 spiro atoms. The Balaban J connectivity index is 1.49. The first-order chi connectivity index (χ1) is 12.9. The molecule has 1 aromatic rings. The summed E-state index contributed by atoms with van der Waals surface area (Å²) in [5.41, 5.74) is 1.16. The Morgan fingerprint density at radius 1 is 1.11 bits per heavy atom. The zero-order valence-electron chi connectivity index (χ0n) is 15.7. The maximum atomic E-state index is 12.6. The summed E-state index contributed by atoms with van der Waals surface area (Å²) in [6.07, 6.45) is 0.702. The number of piperazine rings is 1. The molecule has 0 N–H and O–H groups in total. The van der Waals surface area contributed by atoms with E-state index in [1.54, 1.807) is 4.90 Å². The third-order valence-electron chi connectivity index (χ3n) is 5.37. The number of hydrogen-bond donors (Lipinski definition) is 0. The highest BCUT2D eigenvalue weighted by molar-refractivity contribution is 7.91. The Morgan fingerprint density at radius 2 is 1.78 bits per heavy atom. The summed E-state index contributed by atoms with van der Waals surface area (Å²) in [4.78, 5) is 30.1. The molecule has 2 aliphatic heterocycles. The molecule has 148 valence electrons. The number of carbonyl (C=O) groups excluding carboxylic acids is 2. The summed E-state index contributed by atoms with van der Waals surface area (Å²) in [5, 5.41) is 0. The minimum Gasteiger partial charge on any atom is -0.368 e. The normalized spacial score (nSPS) is 21.9. The highest BCUT2D eigenvalue weighted by atomic mass is 32.2. The lowest BCUT2D eigenvalue weighted by Gasteiger charge is -2.36. The Hall–Kier alpha value is -2.09. The number of amides is 2. The molecule has 8 heteroatoms. The van der Waals surface area contributed by atoms with Crippen molar-refractivity contribution in [3.05, 3.63) is 30.3 Å². The fourth-order valence-corrected chi connectivity index (χ4v) is 5.58. The summed E-state index contributed by atoms with van der Waals surface area (Å²) in [6, 6.07) is 9.84. The van der Waals surface area contributed by atoms with Crippen molar-refractivity contribution in [2.24, 2.45) is 0 Å². The molecule has 2 saturated heterocycles. The van der Waals surface area contributed by atoms with E-state index in [4.69, 9.17) is 0 Å². The summed E-state index contributed by atoms with van der Waals surface area (Å²) in [6.45, 7) is 4.61. The van der Waals surface area contributed by atoms with Gasteiger partial charge in [-0.2, -0.15) is 0 Å². The Bertz CT molecular complexity index is 773. The molecule has 2 fully saturated rings. The largest absolute Gasteiger partial charge is 0.368 e. The average molecular weight is 394 g/mol. The van der Waals surface area contributed by atoms with Crippen molar-refractivity contribution < 1.29 is 18.0 Å². The van der Waals surface area contributed by atoms with E-state index in [1.807, 2.05) is 23.1 Å². The monoisotopic (exact) mass is 393 g/mol. The number of nitrogens with zero attached hydrogens (tertiary/aromatic N) is 3. The molecule has 0 aliphatic carbocycles. The molecule has 0 saturated carbocycles. The van der Waals surface area contributed by atoms with Gasteiger partial charge in [-0.3, -0.25) is 9.59 Å². The second kappa shape index (κ2) is 8.29. The van der Waals surface area contributed by atoms with Crippen LogP contribution in [0.4, 0.5) is 5.69 Å². The van der Waals surface area contributed by atoms with E-state index in [-0.39, 0.29) is 42.3 Å². The first-order valence-electron chi connectivity index (χ1n) is 9.41. The Labute approximate surface area is 160 Å². The lowest BCUT2D eigenvalue weighted by molar-refractivity contribution is -0.134. The summed E-state index contributed by atoms with van der Waals surface area (Å²) in [7, 11) is -3.06. The van der Waals surface area contributed by atoms with E-state index in [2.05, 4.69) is 17.0 Å². The van der Waals surface area contributed by atoms with Crippen molar-refractivity contribution in [2.45, 2.75) is 25.8 Å². The van der Waals surface area contributed by atoms with Crippen LogP contribution in [0.25, 0.3) is 0 Å². The molecule has 3 rings (SSSR count). The molecular formula is C19H27N3O4S. The first-order valence-corrected chi connectivity index (χ1v) is 11.2. The standard InChI is InChI=1S/C19H27N3O4S/c1-16(23)22(18-8-14-27(25,26)15-18)9-7-19(24)21-12-10-20(11-13-21)17-5-3-2-4-6-17/h2-6,18H,7-15H2,1H3. The minimum atomic E-state index is -3.06. The Morgan fingerprint density at radius 3 is 2.33 bits per heavy atom. The van der Waals surface area contributed by atoms with Crippen LogP contribution < -0.4 is 4.90 Å². The maximum Gasteiger partial charge on any atom is 0.224 e. The van der Waals surface area contributed by atoms with Crippen molar-refractivity contribution in [2.75, 3.05) is 49.1 Å². The number of sulfone groups is 1. The molecule has 1 unspecified atom stereocenters. The van der Waals surface area contributed by atoms with Gasteiger partial charge in [0.05, 0.1) is 11.5 Å². The van der Waals surface area contributed by atoms with Crippen LogP contribution >= 0.6 is 0 Å². The number of hydrogen-bond acceptors (Lipinski definition) is 5. The van der Waals surface area contributed by atoms with Crippen molar-refractivity contribution in [1.82, 2.24) is 9.80 Å². The molecule has 7 nitrogen and oxygen atoms in total. The lowest BCUT2D eigenvalue weighted by atomic mass is 10.2. The SMILES string of the molecule is CC(=O)N(CCC(=O)N1CCN(c2ccccc2)CC1)C1CCS(=O)(=O)C1. The predicted octanol–water partition coefficient (Wildman–Crippen LogP) is 0.761. The smallest absolute Gasteiger partial charge is 0.224 e. The fraction of sp³-hybridized carbons (Fsp3) is 0.579. The van der Waals surface area contributed by atoms with Crippen LogP contribution in [-0.2, 0) is 19.4 Å². The molecule has 0 aromatic heterocycles. The van der Waals surface area contributed by atoms with Gasteiger partial charge in [-0.05, 0) is 18.6 Å². The molecule has 27 heavy (non-hydrogen) atoms. The lowest BCUT2D eigenvalue weighted by Crippen LogP contribution is -2.50. The number of anilines is 1. The van der Waals surface area contributed by atoms with Gasteiger partial charge in [-0.25, -0.2) is 8.42 Å². The van der Waals surface area contributed by atoms with Crippen LogP contribution in [0.2, 0.25) is 0 Å². The summed E-state index contributed by atoms with van der Waals surface area (Å²) in [5.74, 6) is -0.0125. The maximum absolute atomic E-state index is 12.6. The minimum absolute atomic E-state index is 0.0104. The molecule has 2 amide bonds. The zero-order chi connectivity index (χ0) is 19.4. The number of benzene rings is 1. The second-order valence-electron chi connectivity index (χ2n) is 7.22. The quantitative estimate of drug-likeness (QED) is 0.738. The van der Waals surface area contributed by atoms with Gasteiger partial charge in [-0.1, -0.05) is 18.2 Å². The third-order valence-corrected chi connectivity index (χ3v) is 7.12. The van der Waals surface area contributed by atoms with Gasteiger partial charge < -0.3 is 14.7 Å². The Kier molecular flexibility index (Phi) is 6.04. The molecule has 1 aromatic carbocycles. The van der Waals surface area contributed by atoms with Gasteiger partial charge in [0.25, 0.3) is 0 Å². The predicted molar refractivity (Wildman–Crippen MR) is 104 cm³/mol. The number of rotatable bonds is 5. The van der Waals surface area contributed by atoms with Crippen LogP contribution in [0.1, 0.15) is 19.8 Å². The average Bonchev–Trinajstić information content (AvgIpc) is 3.02. The summed E-state index contributed by atoms with van der Waals surface area (Å²) < 4.78 is 23.4. The van der Waals surface area contributed by atoms with E-state index in [1.165, 1.54) is 6.92 Å². The van der Waals surface area contributed by atoms with Crippen molar-refractivity contribution in [3.8, 4) is 0 Å². The zero-order valence-corrected chi connectivity index (χ0v) is 16.5. The van der Waals surface area contributed by atoms with Gasteiger partial charge in [-0.15, -0.1) is 0 Å². The number of carbonyl (C=O) groups is 2. The van der Waals surface area contributed by atoms with E-state index < -0.39 is 9.84 Å². The van der Waals surface area contributed by atoms with E-state index in [0.29, 0.717) is 19.5 Å². The van der Waals surface area contributed by atoms with Gasteiger partial charge in [0.2, 0.25) is 11.8 Å². The highest BCUT2D eigenvalue weighted by Gasteiger charge is 2.34. The number of para-hydroxylation sites is 1. The van der Waals surface area contributed by atoms with Gasteiger partial charge >= 0.3 is 0 Å². The van der Waals surface area contributed by atoms with E-state index in [0.717, 1.165) is 18.8 Å². The molecular weight excluding hydrogens is 366 g/mol. The van der Waals surface area contributed by atoms with E-state index >= 15 is 0 Å². The molecule has 0 bridgehead atoms. The van der Waals surface area contributed by atoms with Gasteiger partial charge in [0.15, 0.2) is 9.84 Å². The topological polar surface area (TPSA) is 78.0 Å². The third kappa shape index (κ3) is 5.00. The van der Waals surface area contributed by atoms with E-state index in [9.17, 15) is 18.0 Å². The molecule has 2 heterocycles. The van der Waals surface area contributed by atoms with Crippen LogP contribution in [0, 0.1) is 0 Å². The molecule has 0 radical (unpaired) electrons. The second-order valence-corrected chi connectivity index (χ2v) is 9.45. The van der Waals surface area contributed by atoms with Crippen molar-refractivity contribution in [1.29, 1.82) is 0 Å². The van der Waals surface area contributed by atoms with Gasteiger partial charge in [0, 0.05) is 57.8 Å². The van der Waals surface area contributed by atoms with Gasteiger partial charge in [0.1, 0.15) is 0 Å². The molecule has 1 atom stereocenters. The van der Waals surface area contributed by atoms with Crippen LogP contribution in [-0.4, -0.2) is 80.3 Å². The van der Waals surface area contributed by atoms with Crippen molar-refractivity contribution in [3.63, 3.8) is 0 Å². The van der Waals surface area contributed by atoms with Crippen LogP contribution in [0.5, 0.6) is 0 Å². The van der Waals surface area contributed by atoms with Crippen molar-refractivity contribution >= 4 is 27.3 Å². The summed E-state index contributed by atoms with van der Waals surface area (Å²) >= 11 is 0.